The number of amides is 1. The summed E-state index contributed by atoms with van der Waals surface area (Å²) in [4.78, 5) is 10.8. The van der Waals surface area contributed by atoms with Gasteiger partial charge in [-0.3, -0.25) is 4.79 Å². The number of primary amides is 1. The smallest absolute Gasteiger partial charge is 0.248 e. The van der Waals surface area contributed by atoms with Crippen LogP contribution < -0.4 is 11.5 Å². The number of nitrogens with two attached hydrogens (primary N) is 2. The summed E-state index contributed by atoms with van der Waals surface area (Å²) >= 11 is 0. The molecule has 0 heterocycles. The molecule has 0 bridgehead atoms. The zero-order valence-electron chi connectivity index (χ0n) is 7.00. The summed E-state index contributed by atoms with van der Waals surface area (Å²) in [6, 6.07) is 5.08. The number of hydrogen-bond acceptors (Lipinski definition) is 2. The molecule has 0 fully saturated rings. The first kappa shape index (κ1) is 8.59. The van der Waals surface area contributed by atoms with Crippen molar-refractivity contribution < 1.29 is 4.79 Å². The van der Waals surface area contributed by atoms with Crippen molar-refractivity contribution in [1.82, 2.24) is 0 Å². The van der Waals surface area contributed by atoms with Crippen LogP contribution in [0.3, 0.4) is 0 Å². The first-order chi connectivity index (χ1) is 5.65. The molecule has 0 aromatic heterocycles. The second-order valence-electron chi connectivity index (χ2n) is 2.63. The number of nitrogen functional groups attached to an aromatic ring is 1. The predicted octanol–water partition coefficient (Wildman–Crippen LogP) is 0.930. The molecular weight excluding hydrogens is 152 g/mol. The fraction of sp³-hybridized carbons (Fsp3) is 0.222. The van der Waals surface area contributed by atoms with Gasteiger partial charge >= 0.3 is 0 Å². The topological polar surface area (TPSA) is 69.1 Å². The monoisotopic (exact) mass is 164 g/mol. The van der Waals surface area contributed by atoms with Gasteiger partial charge in [0, 0.05) is 11.3 Å². The maximum absolute atomic E-state index is 10.8. The van der Waals surface area contributed by atoms with E-state index < -0.39 is 5.91 Å². The van der Waals surface area contributed by atoms with Crippen molar-refractivity contribution in [3.8, 4) is 0 Å². The first-order valence-corrected chi connectivity index (χ1v) is 3.83. The van der Waals surface area contributed by atoms with Crippen molar-refractivity contribution in [3.63, 3.8) is 0 Å². The molecule has 3 nitrogen and oxygen atoms in total. The minimum absolute atomic E-state index is 0.412. The van der Waals surface area contributed by atoms with Crippen LogP contribution in [0.1, 0.15) is 22.8 Å². The Morgan fingerprint density at radius 3 is 2.67 bits per heavy atom. The molecule has 1 aromatic carbocycles. The second-order valence-corrected chi connectivity index (χ2v) is 2.63. The Morgan fingerprint density at radius 2 is 2.17 bits per heavy atom. The molecule has 0 saturated carbocycles. The lowest BCUT2D eigenvalue weighted by molar-refractivity contribution is 0.100. The highest BCUT2D eigenvalue weighted by Crippen LogP contribution is 2.13. The number of rotatable bonds is 2. The molecule has 0 spiro atoms. The summed E-state index contributed by atoms with van der Waals surface area (Å²) in [5, 5.41) is 0. The van der Waals surface area contributed by atoms with E-state index >= 15 is 0 Å². The summed E-state index contributed by atoms with van der Waals surface area (Å²) in [7, 11) is 0. The van der Waals surface area contributed by atoms with E-state index in [4.69, 9.17) is 11.5 Å². The molecule has 0 atom stereocenters. The van der Waals surface area contributed by atoms with Gasteiger partial charge in [-0.1, -0.05) is 6.92 Å². The van der Waals surface area contributed by atoms with Gasteiger partial charge in [0.25, 0.3) is 0 Å². The molecule has 4 N–H and O–H groups in total. The van der Waals surface area contributed by atoms with Gasteiger partial charge in [-0.25, -0.2) is 0 Å². The van der Waals surface area contributed by atoms with Gasteiger partial charge in [-0.05, 0) is 30.2 Å². The molecule has 3 heteroatoms. The van der Waals surface area contributed by atoms with Crippen LogP contribution >= 0.6 is 0 Å². The van der Waals surface area contributed by atoms with Crippen LogP contribution in [0, 0.1) is 0 Å². The van der Waals surface area contributed by atoms with Gasteiger partial charge in [0.15, 0.2) is 0 Å². The zero-order chi connectivity index (χ0) is 9.14. The van der Waals surface area contributed by atoms with Crippen molar-refractivity contribution in [2.24, 2.45) is 5.73 Å². The molecule has 64 valence electrons. The minimum atomic E-state index is -0.412. The Morgan fingerprint density at radius 1 is 1.50 bits per heavy atom. The lowest BCUT2D eigenvalue weighted by atomic mass is 10.1. The van der Waals surface area contributed by atoms with Crippen LogP contribution in [0.5, 0.6) is 0 Å². The maximum Gasteiger partial charge on any atom is 0.248 e. The van der Waals surface area contributed by atoms with Crippen LogP contribution in [0.25, 0.3) is 0 Å². The number of carbonyl (C=O) groups is 1. The van der Waals surface area contributed by atoms with E-state index in [1.807, 2.05) is 6.92 Å². The average molecular weight is 164 g/mol. The Kier molecular flexibility index (Phi) is 2.33. The van der Waals surface area contributed by atoms with E-state index in [0.717, 1.165) is 12.0 Å². The third-order valence-corrected chi connectivity index (χ3v) is 1.81. The molecule has 0 aliphatic rings. The molecule has 1 amide bonds. The van der Waals surface area contributed by atoms with Crippen molar-refractivity contribution >= 4 is 11.6 Å². The Hall–Kier alpha value is -1.51. The standard InChI is InChI=1S/C9H12N2O/c1-2-6-5-7(9(11)12)3-4-8(6)10/h3-5H,2,10H2,1H3,(H2,11,12). The highest BCUT2D eigenvalue weighted by atomic mass is 16.1. The van der Waals surface area contributed by atoms with E-state index in [0.29, 0.717) is 11.3 Å². The summed E-state index contributed by atoms with van der Waals surface area (Å²) in [5.41, 5.74) is 12.9. The lowest BCUT2D eigenvalue weighted by Gasteiger charge is -2.03. The van der Waals surface area contributed by atoms with Gasteiger partial charge in [0.1, 0.15) is 0 Å². The molecule has 0 aliphatic heterocycles. The van der Waals surface area contributed by atoms with Crippen molar-refractivity contribution in [1.29, 1.82) is 0 Å². The molecule has 0 aliphatic carbocycles. The quantitative estimate of drug-likeness (QED) is 0.638. The van der Waals surface area contributed by atoms with Gasteiger partial charge in [-0.2, -0.15) is 0 Å². The Balaban J connectivity index is 3.13. The number of anilines is 1. The number of carbonyl (C=O) groups excluding carboxylic acids is 1. The molecule has 1 rings (SSSR count). The van der Waals surface area contributed by atoms with E-state index in [-0.39, 0.29) is 0 Å². The van der Waals surface area contributed by atoms with Gasteiger partial charge in [0.05, 0.1) is 0 Å². The van der Waals surface area contributed by atoms with Crippen molar-refractivity contribution in [2.75, 3.05) is 5.73 Å². The molecule has 12 heavy (non-hydrogen) atoms. The molecule has 0 saturated heterocycles. The normalized spacial score (nSPS) is 9.75. The first-order valence-electron chi connectivity index (χ1n) is 3.83. The average Bonchev–Trinajstić information content (AvgIpc) is 2.05. The summed E-state index contributed by atoms with van der Waals surface area (Å²) < 4.78 is 0. The number of hydrogen-bond donors (Lipinski definition) is 2. The predicted molar refractivity (Wildman–Crippen MR) is 48.8 cm³/mol. The fourth-order valence-electron chi connectivity index (χ4n) is 1.07. The SMILES string of the molecule is CCc1cc(C(N)=O)ccc1N. The van der Waals surface area contributed by atoms with Gasteiger partial charge in [0.2, 0.25) is 5.91 Å². The lowest BCUT2D eigenvalue weighted by Crippen LogP contribution is -2.11. The number of aryl methyl sites for hydroxylation is 1. The van der Waals surface area contributed by atoms with Crippen LogP contribution in [-0.2, 0) is 6.42 Å². The summed E-state index contributed by atoms with van der Waals surface area (Å²) in [5.74, 6) is -0.412. The van der Waals surface area contributed by atoms with Crippen molar-refractivity contribution in [2.45, 2.75) is 13.3 Å². The third kappa shape index (κ3) is 1.56. The Bertz CT molecular complexity index is 307. The van der Waals surface area contributed by atoms with Crippen LogP contribution in [0.2, 0.25) is 0 Å². The largest absolute Gasteiger partial charge is 0.399 e. The van der Waals surface area contributed by atoms with Gasteiger partial charge in [-0.15, -0.1) is 0 Å². The van der Waals surface area contributed by atoms with Crippen LogP contribution in [0.4, 0.5) is 5.69 Å². The van der Waals surface area contributed by atoms with E-state index in [1.54, 1.807) is 18.2 Å². The highest BCUT2D eigenvalue weighted by Gasteiger charge is 2.02. The fourth-order valence-corrected chi connectivity index (χ4v) is 1.07. The highest BCUT2D eigenvalue weighted by molar-refractivity contribution is 5.93. The van der Waals surface area contributed by atoms with E-state index in [9.17, 15) is 4.79 Å². The second kappa shape index (κ2) is 3.26. The van der Waals surface area contributed by atoms with Crippen LogP contribution in [-0.4, -0.2) is 5.91 Å². The Labute approximate surface area is 71.4 Å². The van der Waals surface area contributed by atoms with Crippen LogP contribution in [0.15, 0.2) is 18.2 Å². The summed E-state index contributed by atoms with van der Waals surface area (Å²) in [6.45, 7) is 1.98. The number of benzene rings is 1. The van der Waals surface area contributed by atoms with E-state index in [2.05, 4.69) is 0 Å². The minimum Gasteiger partial charge on any atom is -0.399 e. The third-order valence-electron chi connectivity index (χ3n) is 1.81. The molecule has 0 unspecified atom stereocenters. The van der Waals surface area contributed by atoms with Gasteiger partial charge < -0.3 is 11.5 Å². The van der Waals surface area contributed by atoms with Crippen molar-refractivity contribution in [3.05, 3.63) is 29.3 Å². The van der Waals surface area contributed by atoms with E-state index in [1.165, 1.54) is 0 Å². The molecule has 0 radical (unpaired) electrons. The summed E-state index contributed by atoms with van der Waals surface area (Å²) in [6.07, 6.45) is 0.812. The maximum atomic E-state index is 10.8. The molecule has 1 aromatic rings. The molecular formula is C9H12N2O. The zero-order valence-corrected chi connectivity index (χ0v) is 7.00.